The van der Waals surface area contributed by atoms with E-state index in [-0.39, 0.29) is 18.2 Å². The van der Waals surface area contributed by atoms with E-state index in [0.29, 0.717) is 34.4 Å². The predicted octanol–water partition coefficient (Wildman–Crippen LogP) is 4.95. The molecule has 0 spiro atoms. The van der Waals surface area contributed by atoms with E-state index in [1.165, 1.54) is 5.56 Å². The third-order valence-electron chi connectivity index (χ3n) is 4.48. The van der Waals surface area contributed by atoms with Crippen molar-refractivity contribution in [1.29, 1.82) is 0 Å². The van der Waals surface area contributed by atoms with Gasteiger partial charge in [0.25, 0.3) is 5.91 Å². The zero-order chi connectivity index (χ0) is 20.1. The van der Waals surface area contributed by atoms with Gasteiger partial charge in [0.2, 0.25) is 0 Å². The van der Waals surface area contributed by atoms with Crippen LogP contribution >= 0.6 is 0 Å². The van der Waals surface area contributed by atoms with E-state index >= 15 is 0 Å². The van der Waals surface area contributed by atoms with Crippen LogP contribution in [0.2, 0.25) is 0 Å². The third kappa shape index (κ3) is 4.34. The van der Waals surface area contributed by atoms with Crippen LogP contribution in [0.15, 0.2) is 53.1 Å². The van der Waals surface area contributed by atoms with Crippen molar-refractivity contribution in [2.24, 2.45) is 0 Å². The number of anilines is 1. The monoisotopic (exact) mass is 380 g/mol. The Bertz CT molecular complexity index is 945. The van der Waals surface area contributed by atoms with E-state index < -0.39 is 0 Å². The molecule has 0 fully saturated rings. The van der Waals surface area contributed by atoms with E-state index in [0.717, 1.165) is 0 Å². The standard InChI is InChI=1S/C22H24N2O4/c1-14(2)16-9-11-17(12-10-16)23-22(25)21-18(15(3)28-24-21)13-27-20-8-6-5-7-19(20)26-4/h5-12,14H,13H2,1-4H3,(H,23,25). The molecule has 3 aromatic rings. The molecule has 6 heteroatoms. The maximum Gasteiger partial charge on any atom is 0.278 e. The Morgan fingerprint density at radius 3 is 2.43 bits per heavy atom. The van der Waals surface area contributed by atoms with Crippen molar-refractivity contribution in [1.82, 2.24) is 5.16 Å². The number of rotatable bonds is 7. The molecule has 0 unspecified atom stereocenters. The molecule has 1 heterocycles. The number of aromatic nitrogens is 1. The molecular weight excluding hydrogens is 356 g/mol. The molecule has 0 aliphatic heterocycles. The summed E-state index contributed by atoms with van der Waals surface area (Å²) in [5.41, 5.74) is 2.72. The number of para-hydroxylation sites is 2. The van der Waals surface area contributed by atoms with Gasteiger partial charge in [0.15, 0.2) is 17.2 Å². The van der Waals surface area contributed by atoms with Crippen LogP contribution < -0.4 is 14.8 Å². The van der Waals surface area contributed by atoms with Crippen molar-refractivity contribution in [2.75, 3.05) is 12.4 Å². The number of carbonyl (C=O) groups excluding carboxylic acids is 1. The highest BCUT2D eigenvalue weighted by Gasteiger charge is 2.21. The number of amides is 1. The Labute approximate surface area is 164 Å². The number of ether oxygens (including phenoxy) is 2. The highest BCUT2D eigenvalue weighted by Crippen LogP contribution is 2.28. The molecule has 0 saturated heterocycles. The second-order valence-corrected chi connectivity index (χ2v) is 6.74. The summed E-state index contributed by atoms with van der Waals surface area (Å²) < 4.78 is 16.3. The normalized spacial score (nSPS) is 10.8. The molecule has 0 aliphatic carbocycles. The van der Waals surface area contributed by atoms with Crippen LogP contribution in [0.3, 0.4) is 0 Å². The van der Waals surface area contributed by atoms with Gasteiger partial charge in [0, 0.05) is 5.69 Å². The van der Waals surface area contributed by atoms with Crippen LogP contribution in [0.25, 0.3) is 0 Å². The first kappa shape index (κ1) is 19.5. The Kier molecular flexibility index (Phi) is 5.99. The van der Waals surface area contributed by atoms with Gasteiger partial charge in [-0.05, 0) is 42.7 Å². The molecule has 3 rings (SSSR count). The molecule has 0 bridgehead atoms. The summed E-state index contributed by atoms with van der Waals surface area (Å²) in [6.07, 6.45) is 0. The van der Waals surface area contributed by atoms with Crippen LogP contribution in [-0.2, 0) is 6.61 Å². The van der Waals surface area contributed by atoms with E-state index in [4.69, 9.17) is 14.0 Å². The summed E-state index contributed by atoms with van der Waals surface area (Å²) in [6.45, 7) is 6.15. The van der Waals surface area contributed by atoms with Crippen LogP contribution in [0.4, 0.5) is 5.69 Å². The Balaban J connectivity index is 1.73. The molecule has 28 heavy (non-hydrogen) atoms. The summed E-state index contributed by atoms with van der Waals surface area (Å²) in [7, 11) is 1.58. The minimum absolute atomic E-state index is 0.144. The first-order chi connectivity index (χ1) is 13.5. The highest BCUT2D eigenvalue weighted by atomic mass is 16.5. The topological polar surface area (TPSA) is 73.6 Å². The molecule has 0 aliphatic rings. The lowest BCUT2D eigenvalue weighted by molar-refractivity contribution is 0.101. The molecule has 0 radical (unpaired) electrons. The Hall–Kier alpha value is -3.28. The van der Waals surface area contributed by atoms with Crippen LogP contribution in [0, 0.1) is 6.92 Å². The fraction of sp³-hybridized carbons (Fsp3) is 0.273. The molecule has 146 valence electrons. The van der Waals surface area contributed by atoms with Crippen LogP contribution in [-0.4, -0.2) is 18.2 Å². The van der Waals surface area contributed by atoms with Gasteiger partial charge in [-0.3, -0.25) is 4.79 Å². The fourth-order valence-electron chi connectivity index (χ4n) is 2.77. The second-order valence-electron chi connectivity index (χ2n) is 6.74. The molecule has 0 atom stereocenters. The van der Waals surface area contributed by atoms with E-state index in [1.807, 2.05) is 42.5 Å². The minimum Gasteiger partial charge on any atom is -0.493 e. The SMILES string of the molecule is COc1ccccc1OCc1c(C(=O)Nc2ccc(C(C)C)cc2)noc1C. The summed E-state index contributed by atoms with van der Waals surface area (Å²) in [6, 6.07) is 15.1. The average molecular weight is 380 g/mol. The van der Waals surface area contributed by atoms with E-state index in [2.05, 4.69) is 24.3 Å². The number of aryl methyl sites for hydroxylation is 1. The van der Waals surface area contributed by atoms with Crippen LogP contribution in [0.5, 0.6) is 11.5 Å². The second kappa shape index (κ2) is 8.61. The summed E-state index contributed by atoms with van der Waals surface area (Å²) in [5.74, 6) is 1.83. The van der Waals surface area contributed by atoms with Crippen molar-refractivity contribution in [2.45, 2.75) is 33.3 Å². The lowest BCUT2D eigenvalue weighted by atomic mass is 10.0. The fourth-order valence-corrected chi connectivity index (χ4v) is 2.77. The van der Waals surface area contributed by atoms with Gasteiger partial charge in [-0.1, -0.05) is 43.3 Å². The minimum atomic E-state index is -0.340. The average Bonchev–Trinajstić information content (AvgIpc) is 3.07. The predicted molar refractivity (Wildman–Crippen MR) is 107 cm³/mol. The van der Waals surface area contributed by atoms with Crippen molar-refractivity contribution in [3.63, 3.8) is 0 Å². The number of hydrogen-bond acceptors (Lipinski definition) is 5. The van der Waals surface area contributed by atoms with Gasteiger partial charge in [-0.2, -0.15) is 0 Å². The summed E-state index contributed by atoms with van der Waals surface area (Å²) >= 11 is 0. The number of hydrogen-bond donors (Lipinski definition) is 1. The van der Waals surface area contributed by atoms with Gasteiger partial charge in [-0.25, -0.2) is 0 Å². The molecule has 1 amide bonds. The summed E-state index contributed by atoms with van der Waals surface area (Å²) in [4.78, 5) is 12.7. The number of carbonyl (C=O) groups is 1. The lowest BCUT2D eigenvalue weighted by Crippen LogP contribution is -2.15. The van der Waals surface area contributed by atoms with Crippen molar-refractivity contribution in [3.05, 3.63) is 71.1 Å². The van der Waals surface area contributed by atoms with Crippen molar-refractivity contribution in [3.8, 4) is 11.5 Å². The maximum absolute atomic E-state index is 12.7. The quantitative estimate of drug-likeness (QED) is 0.628. The molecule has 1 N–H and O–H groups in total. The van der Waals surface area contributed by atoms with Gasteiger partial charge in [0.1, 0.15) is 12.4 Å². The van der Waals surface area contributed by atoms with Gasteiger partial charge in [-0.15, -0.1) is 0 Å². The largest absolute Gasteiger partial charge is 0.493 e. The number of nitrogens with one attached hydrogen (secondary N) is 1. The Morgan fingerprint density at radius 2 is 1.79 bits per heavy atom. The lowest BCUT2D eigenvalue weighted by Gasteiger charge is -2.11. The van der Waals surface area contributed by atoms with Gasteiger partial charge < -0.3 is 19.3 Å². The highest BCUT2D eigenvalue weighted by molar-refractivity contribution is 6.03. The maximum atomic E-state index is 12.7. The molecule has 0 saturated carbocycles. The zero-order valence-corrected chi connectivity index (χ0v) is 16.5. The van der Waals surface area contributed by atoms with Crippen molar-refractivity contribution < 1.29 is 18.8 Å². The number of nitrogens with zero attached hydrogens (tertiary/aromatic N) is 1. The summed E-state index contributed by atoms with van der Waals surface area (Å²) in [5, 5.41) is 6.77. The van der Waals surface area contributed by atoms with Gasteiger partial charge >= 0.3 is 0 Å². The first-order valence-corrected chi connectivity index (χ1v) is 9.12. The smallest absolute Gasteiger partial charge is 0.278 e. The third-order valence-corrected chi connectivity index (χ3v) is 4.48. The van der Waals surface area contributed by atoms with Crippen molar-refractivity contribution >= 4 is 11.6 Å². The van der Waals surface area contributed by atoms with Gasteiger partial charge in [0.05, 0.1) is 12.7 Å². The molecule has 1 aromatic heterocycles. The molecular formula is C22H24N2O4. The molecule has 6 nitrogen and oxygen atoms in total. The molecule has 2 aromatic carbocycles. The van der Waals surface area contributed by atoms with Crippen LogP contribution in [0.1, 0.15) is 47.1 Å². The number of benzene rings is 2. The Morgan fingerprint density at radius 1 is 1.11 bits per heavy atom. The zero-order valence-electron chi connectivity index (χ0n) is 16.5. The van der Waals surface area contributed by atoms with E-state index in [1.54, 1.807) is 20.1 Å². The number of methoxy groups -OCH3 is 1. The first-order valence-electron chi connectivity index (χ1n) is 9.12. The van der Waals surface area contributed by atoms with E-state index in [9.17, 15) is 4.79 Å².